The van der Waals surface area contributed by atoms with Crippen molar-refractivity contribution in [2.75, 3.05) is 44.7 Å². The number of carbonyl (C=O) groups excluding carboxylic acids is 2. The van der Waals surface area contributed by atoms with Crippen molar-refractivity contribution in [1.29, 1.82) is 0 Å². The zero-order valence-corrected chi connectivity index (χ0v) is 15.6. The number of aromatic nitrogens is 1. The van der Waals surface area contributed by atoms with E-state index in [9.17, 15) is 9.59 Å². The molecule has 0 aromatic carbocycles. The highest BCUT2D eigenvalue weighted by Gasteiger charge is 2.26. The van der Waals surface area contributed by atoms with E-state index < -0.39 is 5.91 Å². The normalized spacial score (nSPS) is 19.3. The Bertz CT molecular complexity index is 637. The first-order valence-electron chi connectivity index (χ1n) is 9.53. The van der Waals surface area contributed by atoms with Crippen LogP contribution in [0.2, 0.25) is 0 Å². The molecule has 1 aliphatic heterocycles. The van der Waals surface area contributed by atoms with Crippen molar-refractivity contribution < 1.29 is 9.59 Å². The fraction of sp³-hybridized carbons (Fsp3) is 0.632. The Balaban J connectivity index is 1.52. The van der Waals surface area contributed by atoms with E-state index in [1.54, 1.807) is 6.20 Å². The van der Waals surface area contributed by atoms with Crippen molar-refractivity contribution in [3.8, 4) is 0 Å². The highest BCUT2D eigenvalue weighted by Crippen LogP contribution is 2.23. The van der Waals surface area contributed by atoms with Crippen LogP contribution in [0.1, 0.15) is 42.5 Å². The third-order valence-corrected chi connectivity index (χ3v) is 5.65. The van der Waals surface area contributed by atoms with E-state index >= 15 is 0 Å². The van der Waals surface area contributed by atoms with Gasteiger partial charge in [0.2, 0.25) is 5.91 Å². The maximum absolute atomic E-state index is 12.6. The van der Waals surface area contributed by atoms with Crippen LogP contribution in [0, 0.1) is 0 Å². The summed E-state index contributed by atoms with van der Waals surface area (Å²) in [5, 5.41) is 0. The first-order valence-corrected chi connectivity index (χ1v) is 9.53. The Hall–Kier alpha value is -2.15. The lowest BCUT2D eigenvalue weighted by Gasteiger charge is -2.38. The largest absolute Gasteiger partial charge is 0.368 e. The second-order valence-electron chi connectivity index (χ2n) is 7.32. The van der Waals surface area contributed by atoms with Gasteiger partial charge in [-0.3, -0.25) is 19.5 Å². The molecule has 2 fully saturated rings. The minimum Gasteiger partial charge on any atom is -0.368 e. The van der Waals surface area contributed by atoms with Crippen LogP contribution in [0.4, 0.5) is 5.69 Å². The van der Waals surface area contributed by atoms with E-state index in [-0.39, 0.29) is 5.91 Å². The van der Waals surface area contributed by atoms with Crippen molar-refractivity contribution in [2.24, 2.45) is 5.73 Å². The average molecular weight is 359 g/mol. The zero-order chi connectivity index (χ0) is 18.5. The van der Waals surface area contributed by atoms with Gasteiger partial charge in [-0.2, -0.15) is 0 Å². The molecule has 1 aliphatic carbocycles. The van der Waals surface area contributed by atoms with Gasteiger partial charge in [-0.15, -0.1) is 0 Å². The molecular formula is C19H29N5O2. The van der Waals surface area contributed by atoms with E-state index in [2.05, 4.69) is 14.8 Å². The van der Waals surface area contributed by atoms with Gasteiger partial charge in [0.15, 0.2) is 0 Å². The predicted octanol–water partition coefficient (Wildman–Crippen LogP) is 1.09. The minimum atomic E-state index is -0.459. The second-order valence-corrected chi connectivity index (χ2v) is 7.32. The third-order valence-electron chi connectivity index (χ3n) is 5.65. The predicted molar refractivity (Wildman–Crippen MR) is 101 cm³/mol. The molecule has 2 aliphatic rings. The Morgan fingerprint density at radius 1 is 1.19 bits per heavy atom. The molecule has 0 spiro atoms. The zero-order valence-electron chi connectivity index (χ0n) is 15.6. The molecule has 2 heterocycles. The number of nitrogens with zero attached hydrogens (tertiary/aromatic N) is 4. The Kier molecular flexibility index (Phi) is 6.08. The first-order chi connectivity index (χ1) is 12.6. The average Bonchev–Trinajstić information content (AvgIpc) is 2.68. The number of carbonyl (C=O) groups is 2. The van der Waals surface area contributed by atoms with Crippen molar-refractivity contribution in [1.82, 2.24) is 14.8 Å². The van der Waals surface area contributed by atoms with Crippen LogP contribution in [0.5, 0.6) is 0 Å². The Morgan fingerprint density at radius 2 is 1.88 bits per heavy atom. The molecular weight excluding hydrogens is 330 g/mol. The van der Waals surface area contributed by atoms with Gasteiger partial charge in [-0.25, -0.2) is 0 Å². The molecule has 7 heteroatoms. The first kappa shape index (κ1) is 18.6. The number of likely N-dealkylation sites (N-methyl/N-ethyl adjacent to an activating group) is 1. The Labute approximate surface area is 155 Å². The van der Waals surface area contributed by atoms with Crippen molar-refractivity contribution in [3.63, 3.8) is 0 Å². The standard InChI is InChI=1S/C19H29N5O2/c1-22(15-5-3-2-4-6-15)18(25)14-23-9-11-24(12-10-23)17-7-8-21-13-16(17)19(20)26/h7-8,13,15H,2-6,9-12,14H2,1H3,(H2,20,26). The quantitative estimate of drug-likeness (QED) is 0.851. The molecule has 1 aromatic rings. The number of amides is 2. The molecule has 142 valence electrons. The van der Waals surface area contributed by atoms with Crippen LogP contribution in [0.25, 0.3) is 0 Å². The van der Waals surface area contributed by atoms with Crippen LogP contribution in [0.15, 0.2) is 18.5 Å². The Morgan fingerprint density at radius 3 is 2.54 bits per heavy atom. The molecule has 26 heavy (non-hydrogen) atoms. The van der Waals surface area contributed by atoms with Gasteiger partial charge < -0.3 is 15.5 Å². The van der Waals surface area contributed by atoms with Gasteiger partial charge in [-0.1, -0.05) is 19.3 Å². The highest BCUT2D eigenvalue weighted by molar-refractivity contribution is 5.98. The van der Waals surface area contributed by atoms with Crippen molar-refractivity contribution in [3.05, 3.63) is 24.0 Å². The van der Waals surface area contributed by atoms with Gasteiger partial charge in [0, 0.05) is 51.7 Å². The molecule has 0 atom stereocenters. The number of hydrogen-bond donors (Lipinski definition) is 1. The number of hydrogen-bond acceptors (Lipinski definition) is 5. The summed E-state index contributed by atoms with van der Waals surface area (Å²) in [5.41, 5.74) is 6.74. The lowest BCUT2D eigenvalue weighted by Crippen LogP contribution is -2.51. The number of anilines is 1. The molecule has 0 unspecified atom stereocenters. The van der Waals surface area contributed by atoms with E-state index in [1.807, 2.05) is 18.0 Å². The maximum atomic E-state index is 12.6. The summed E-state index contributed by atoms with van der Waals surface area (Å²) >= 11 is 0. The molecule has 1 saturated heterocycles. The lowest BCUT2D eigenvalue weighted by atomic mass is 9.94. The van der Waals surface area contributed by atoms with E-state index in [0.717, 1.165) is 44.7 Å². The smallest absolute Gasteiger partial charge is 0.252 e. The number of primary amides is 1. The number of piperazine rings is 1. The number of rotatable bonds is 5. The molecule has 1 aromatic heterocycles. The highest BCUT2D eigenvalue weighted by atomic mass is 16.2. The van der Waals surface area contributed by atoms with Crippen molar-refractivity contribution in [2.45, 2.75) is 38.1 Å². The van der Waals surface area contributed by atoms with Gasteiger partial charge in [0.25, 0.3) is 5.91 Å². The minimum absolute atomic E-state index is 0.215. The molecule has 2 N–H and O–H groups in total. The topological polar surface area (TPSA) is 82.8 Å². The molecule has 3 rings (SSSR count). The van der Waals surface area contributed by atoms with Crippen molar-refractivity contribution >= 4 is 17.5 Å². The summed E-state index contributed by atoms with van der Waals surface area (Å²) in [5.74, 6) is -0.244. The monoisotopic (exact) mass is 359 g/mol. The fourth-order valence-corrected chi connectivity index (χ4v) is 3.97. The van der Waals surface area contributed by atoms with E-state index in [4.69, 9.17) is 5.73 Å². The maximum Gasteiger partial charge on any atom is 0.252 e. The van der Waals surface area contributed by atoms with E-state index in [1.165, 1.54) is 25.5 Å². The summed E-state index contributed by atoms with van der Waals surface area (Å²) in [4.78, 5) is 34.5. The van der Waals surface area contributed by atoms with Crippen LogP contribution >= 0.6 is 0 Å². The van der Waals surface area contributed by atoms with Gasteiger partial charge in [0.1, 0.15) is 0 Å². The second kappa shape index (κ2) is 8.49. The van der Waals surface area contributed by atoms with Crippen LogP contribution < -0.4 is 10.6 Å². The molecule has 7 nitrogen and oxygen atoms in total. The number of nitrogens with two attached hydrogens (primary N) is 1. The van der Waals surface area contributed by atoms with Crippen LogP contribution in [0.3, 0.4) is 0 Å². The summed E-state index contributed by atoms with van der Waals surface area (Å²) in [6.07, 6.45) is 9.22. The lowest BCUT2D eigenvalue weighted by molar-refractivity contribution is -0.133. The summed E-state index contributed by atoms with van der Waals surface area (Å²) in [6, 6.07) is 2.24. The fourth-order valence-electron chi connectivity index (χ4n) is 3.97. The summed E-state index contributed by atoms with van der Waals surface area (Å²) in [7, 11) is 1.95. The number of pyridine rings is 1. The van der Waals surface area contributed by atoms with Gasteiger partial charge >= 0.3 is 0 Å². The molecule has 0 radical (unpaired) electrons. The molecule has 0 bridgehead atoms. The van der Waals surface area contributed by atoms with Gasteiger partial charge in [0.05, 0.1) is 17.8 Å². The van der Waals surface area contributed by atoms with Crippen LogP contribution in [-0.4, -0.2) is 72.4 Å². The summed E-state index contributed by atoms with van der Waals surface area (Å²) < 4.78 is 0. The molecule has 2 amide bonds. The van der Waals surface area contributed by atoms with Gasteiger partial charge in [-0.05, 0) is 18.9 Å². The van der Waals surface area contributed by atoms with Crippen LogP contribution in [-0.2, 0) is 4.79 Å². The SMILES string of the molecule is CN(C(=O)CN1CCN(c2ccncc2C(N)=O)CC1)C1CCCCC1. The molecule has 1 saturated carbocycles. The third kappa shape index (κ3) is 4.33. The summed E-state index contributed by atoms with van der Waals surface area (Å²) in [6.45, 7) is 3.60. The van der Waals surface area contributed by atoms with E-state index in [0.29, 0.717) is 18.2 Å².